The molecule has 0 radical (unpaired) electrons. The van der Waals surface area contributed by atoms with Crippen molar-refractivity contribution in [1.82, 2.24) is 5.32 Å². The van der Waals surface area contributed by atoms with Gasteiger partial charge >= 0.3 is 11.9 Å². The molecule has 6 nitrogen and oxygen atoms in total. The van der Waals surface area contributed by atoms with Crippen molar-refractivity contribution < 1.29 is 24.2 Å². The number of rotatable bonds is 5. The Morgan fingerprint density at radius 2 is 1.93 bits per heavy atom. The highest BCUT2D eigenvalue weighted by Crippen LogP contribution is 2.00. The summed E-state index contributed by atoms with van der Waals surface area (Å²) in [6.45, 7) is 1.26. The van der Waals surface area contributed by atoms with E-state index < -0.39 is 18.0 Å². The summed E-state index contributed by atoms with van der Waals surface area (Å²) in [4.78, 5) is 31.8. The smallest absolute Gasteiger partial charge is 0.307 e. The van der Waals surface area contributed by atoms with E-state index in [9.17, 15) is 14.4 Å². The number of methoxy groups -OCH3 is 1. The van der Waals surface area contributed by atoms with E-state index in [0.717, 1.165) is 0 Å². The summed E-state index contributed by atoms with van der Waals surface area (Å²) in [6.07, 6.45) is -0.433. The lowest BCUT2D eigenvalue weighted by Gasteiger charge is -2.13. The van der Waals surface area contributed by atoms with Crippen LogP contribution in [0.1, 0.15) is 19.8 Å². The molecule has 1 atom stereocenters. The highest BCUT2D eigenvalue weighted by molar-refractivity contribution is 5.77. The molecular formula is C8H13NO5. The number of hydrogen-bond donors (Lipinski definition) is 2. The van der Waals surface area contributed by atoms with Crippen LogP contribution in [0, 0.1) is 0 Å². The van der Waals surface area contributed by atoms with Crippen molar-refractivity contribution >= 4 is 17.8 Å². The molecule has 0 aromatic carbocycles. The number of esters is 1. The van der Waals surface area contributed by atoms with Gasteiger partial charge in [0.25, 0.3) is 0 Å². The van der Waals surface area contributed by atoms with Gasteiger partial charge in [-0.1, -0.05) is 0 Å². The van der Waals surface area contributed by atoms with Crippen molar-refractivity contribution in [2.45, 2.75) is 25.8 Å². The van der Waals surface area contributed by atoms with E-state index in [1.54, 1.807) is 0 Å². The van der Waals surface area contributed by atoms with E-state index in [0.29, 0.717) is 0 Å². The average Bonchev–Trinajstić information content (AvgIpc) is 2.01. The molecule has 0 saturated carbocycles. The van der Waals surface area contributed by atoms with Crippen molar-refractivity contribution in [1.29, 1.82) is 0 Å². The topological polar surface area (TPSA) is 92.7 Å². The van der Waals surface area contributed by atoms with Gasteiger partial charge in [-0.05, 0) is 0 Å². The average molecular weight is 203 g/mol. The second kappa shape index (κ2) is 5.95. The number of ether oxygens (including phenoxy) is 1. The predicted octanol–water partition coefficient (Wildman–Crippen LogP) is -0.471. The number of carboxylic acids is 1. The number of amides is 1. The molecule has 80 valence electrons. The summed E-state index contributed by atoms with van der Waals surface area (Å²) in [7, 11) is 1.20. The van der Waals surface area contributed by atoms with E-state index >= 15 is 0 Å². The van der Waals surface area contributed by atoms with Crippen molar-refractivity contribution in [2.24, 2.45) is 0 Å². The molecule has 0 aromatic rings. The normalized spacial score (nSPS) is 11.6. The Hall–Kier alpha value is -1.59. The Labute approximate surface area is 81.2 Å². The van der Waals surface area contributed by atoms with Gasteiger partial charge < -0.3 is 15.2 Å². The van der Waals surface area contributed by atoms with Crippen molar-refractivity contribution in [2.75, 3.05) is 7.11 Å². The molecule has 0 aliphatic rings. The molecule has 2 N–H and O–H groups in total. The van der Waals surface area contributed by atoms with Crippen LogP contribution in [0.15, 0.2) is 0 Å². The Morgan fingerprint density at radius 3 is 2.29 bits per heavy atom. The van der Waals surface area contributed by atoms with E-state index in [-0.39, 0.29) is 18.7 Å². The van der Waals surface area contributed by atoms with Gasteiger partial charge in [-0.25, -0.2) is 0 Å². The van der Waals surface area contributed by atoms with Gasteiger partial charge in [0, 0.05) is 13.0 Å². The van der Waals surface area contributed by atoms with E-state index in [2.05, 4.69) is 10.1 Å². The van der Waals surface area contributed by atoms with Crippen LogP contribution in [-0.4, -0.2) is 36.1 Å². The predicted molar refractivity (Wildman–Crippen MR) is 46.5 cm³/mol. The van der Waals surface area contributed by atoms with Crippen LogP contribution >= 0.6 is 0 Å². The largest absolute Gasteiger partial charge is 0.481 e. The molecular weight excluding hydrogens is 190 g/mol. The lowest BCUT2D eigenvalue weighted by atomic mass is 10.1. The molecule has 0 aliphatic carbocycles. The van der Waals surface area contributed by atoms with Gasteiger partial charge in [-0.15, -0.1) is 0 Å². The van der Waals surface area contributed by atoms with Gasteiger partial charge in [0.15, 0.2) is 0 Å². The Kier molecular flexibility index (Phi) is 5.28. The van der Waals surface area contributed by atoms with Crippen molar-refractivity contribution in [3.63, 3.8) is 0 Å². The maximum atomic E-state index is 10.8. The number of carbonyl (C=O) groups excluding carboxylic acids is 2. The minimum atomic E-state index is -1.08. The monoisotopic (exact) mass is 203 g/mol. The highest BCUT2D eigenvalue weighted by Gasteiger charge is 2.18. The van der Waals surface area contributed by atoms with E-state index in [1.165, 1.54) is 14.0 Å². The summed E-state index contributed by atoms with van der Waals surface area (Å²) in [5.74, 6) is -2.00. The number of carbonyl (C=O) groups is 3. The molecule has 0 bridgehead atoms. The minimum Gasteiger partial charge on any atom is -0.481 e. The van der Waals surface area contributed by atoms with Crippen molar-refractivity contribution in [3.8, 4) is 0 Å². The minimum absolute atomic E-state index is 0.137. The molecule has 0 aromatic heterocycles. The summed E-state index contributed by atoms with van der Waals surface area (Å²) in [5.41, 5.74) is 0. The molecule has 0 unspecified atom stereocenters. The second-order valence-electron chi connectivity index (χ2n) is 2.78. The molecule has 0 fully saturated rings. The van der Waals surface area contributed by atoms with Crippen LogP contribution in [0.25, 0.3) is 0 Å². The fourth-order valence-corrected chi connectivity index (χ4v) is 0.957. The third kappa shape index (κ3) is 5.99. The van der Waals surface area contributed by atoms with Gasteiger partial charge in [0.2, 0.25) is 5.91 Å². The Morgan fingerprint density at radius 1 is 1.36 bits per heavy atom. The first kappa shape index (κ1) is 12.4. The number of carboxylic acid groups (broad SMARTS) is 1. The lowest BCUT2D eigenvalue weighted by Crippen LogP contribution is -2.36. The first-order valence-electron chi connectivity index (χ1n) is 4.01. The van der Waals surface area contributed by atoms with Crippen LogP contribution in [0.2, 0.25) is 0 Å². The molecule has 0 rings (SSSR count). The molecule has 0 saturated heterocycles. The molecule has 1 amide bonds. The van der Waals surface area contributed by atoms with E-state index in [1.807, 2.05) is 0 Å². The third-order valence-corrected chi connectivity index (χ3v) is 1.47. The second-order valence-corrected chi connectivity index (χ2v) is 2.78. The fraction of sp³-hybridized carbons (Fsp3) is 0.625. The molecule has 0 spiro atoms. The Balaban J connectivity index is 4.16. The maximum Gasteiger partial charge on any atom is 0.307 e. The SMILES string of the molecule is COC(=O)C[C@H](CC(=O)O)NC(C)=O. The first-order chi connectivity index (χ1) is 6.45. The summed E-state index contributed by atoms with van der Waals surface area (Å²) >= 11 is 0. The van der Waals surface area contributed by atoms with Crippen LogP contribution in [-0.2, 0) is 19.1 Å². The quantitative estimate of drug-likeness (QED) is 0.589. The van der Waals surface area contributed by atoms with Gasteiger partial charge in [-0.3, -0.25) is 14.4 Å². The highest BCUT2D eigenvalue weighted by atomic mass is 16.5. The van der Waals surface area contributed by atoms with Crippen molar-refractivity contribution in [3.05, 3.63) is 0 Å². The summed E-state index contributed by atoms with van der Waals surface area (Å²) in [6, 6.07) is -0.711. The van der Waals surface area contributed by atoms with Crippen LogP contribution in [0.4, 0.5) is 0 Å². The summed E-state index contributed by atoms with van der Waals surface area (Å²) < 4.78 is 4.36. The zero-order chi connectivity index (χ0) is 11.1. The van der Waals surface area contributed by atoms with Gasteiger partial charge in [0.05, 0.1) is 20.0 Å². The summed E-state index contributed by atoms with van der Waals surface area (Å²) in [5, 5.41) is 10.8. The zero-order valence-corrected chi connectivity index (χ0v) is 8.07. The van der Waals surface area contributed by atoms with Gasteiger partial charge in [-0.2, -0.15) is 0 Å². The van der Waals surface area contributed by atoms with Crippen LogP contribution in [0.3, 0.4) is 0 Å². The standard InChI is InChI=1S/C8H13NO5/c1-5(10)9-6(3-7(11)12)4-8(13)14-2/h6H,3-4H2,1-2H3,(H,9,10)(H,11,12)/t6-/m0/s1. The lowest BCUT2D eigenvalue weighted by molar-refractivity contribution is -0.142. The van der Waals surface area contributed by atoms with Gasteiger partial charge in [0.1, 0.15) is 0 Å². The van der Waals surface area contributed by atoms with E-state index in [4.69, 9.17) is 5.11 Å². The van der Waals surface area contributed by atoms with Crippen LogP contribution in [0.5, 0.6) is 0 Å². The number of nitrogens with one attached hydrogen (secondary N) is 1. The van der Waals surface area contributed by atoms with Crippen LogP contribution < -0.4 is 5.32 Å². The number of aliphatic carboxylic acids is 1. The molecule has 14 heavy (non-hydrogen) atoms. The number of hydrogen-bond acceptors (Lipinski definition) is 4. The molecule has 6 heteroatoms. The maximum absolute atomic E-state index is 10.8. The molecule has 0 heterocycles. The first-order valence-corrected chi connectivity index (χ1v) is 4.01. The zero-order valence-electron chi connectivity index (χ0n) is 8.07. The third-order valence-electron chi connectivity index (χ3n) is 1.47. The molecule has 0 aliphatic heterocycles. The fourth-order valence-electron chi connectivity index (χ4n) is 0.957. The Bertz CT molecular complexity index is 222.